The van der Waals surface area contributed by atoms with Crippen LogP contribution in [-0.4, -0.2) is 58.0 Å². The molecule has 0 saturated carbocycles. The van der Waals surface area contributed by atoms with Gasteiger partial charge in [-0.1, -0.05) is 19.1 Å². The average Bonchev–Trinajstić information content (AvgIpc) is 3.38. The molecule has 7 heteroatoms. The van der Waals surface area contributed by atoms with Crippen LogP contribution in [0.2, 0.25) is 0 Å². The van der Waals surface area contributed by atoms with Gasteiger partial charge in [0.15, 0.2) is 0 Å². The van der Waals surface area contributed by atoms with Gasteiger partial charge in [-0.05, 0) is 31.4 Å². The van der Waals surface area contributed by atoms with Gasteiger partial charge in [0.05, 0.1) is 22.9 Å². The molecule has 1 unspecified atom stereocenters. The summed E-state index contributed by atoms with van der Waals surface area (Å²) in [4.78, 5) is 29.6. The van der Waals surface area contributed by atoms with Crippen LogP contribution in [0.1, 0.15) is 36.5 Å². The first-order valence-electron chi connectivity index (χ1n) is 9.42. The van der Waals surface area contributed by atoms with Gasteiger partial charge in [0.25, 0.3) is 5.91 Å². The Balaban J connectivity index is 1.54. The first-order valence-corrected chi connectivity index (χ1v) is 9.42. The van der Waals surface area contributed by atoms with Crippen molar-refractivity contribution in [2.75, 3.05) is 26.2 Å². The van der Waals surface area contributed by atoms with E-state index in [1.165, 1.54) is 18.3 Å². The van der Waals surface area contributed by atoms with Crippen LogP contribution >= 0.6 is 0 Å². The highest BCUT2D eigenvalue weighted by Gasteiger charge is 2.51. The minimum Gasteiger partial charge on any atom is -0.342 e. The van der Waals surface area contributed by atoms with E-state index in [1.807, 2.05) is 4.90 Å². The fraction of sp³-hybridized carbons (Fsp3) is 0.450. The second-order valence-electron chi connectivity index (χ2n) is 7.47. The van der Waals surface area contributed by atoms with E-state index in [2.05, 4.69) is 17.1 Å². The van der Waals surface area contributed by atoms with E-state index in [1.54, 1.807) is 17.0 Å². The van der Waals surface area contributed by atoms with Gasteiger partial charge in [0.1, 0.15) is 5.82 Å². The van der Waals surface area contributed by atoms with Crippen LogP contribution in [0.4, 0.5) is 4.39 Å². The monoisotopic (exact) mass is 370 g/mol. The molecular formula is C20H23FN4O2. The molecule has 2 amide bonds. The van der Waals surface area contributed by atoms with Gasteiger partial charge < -0.3 is 9.80 Å². The summed E-state index contributed by atoms with van der Waals surface area (Å²) >= 11 is 0. The van der Waals surface area contributed by atoms with E-state index in [0.717, 1.165) is 25.9 Å². The lowest BCUT2D eigenvalue weighted by molar-refractivity contribution is -0.135. The second-order valence-corrected chi connectivity index (χ2v) is 7.47. The number of aromatic amines is 1. The van der Waals surface area contributed by atoms with Gasteiger partial charge in [0, 0.05) is 31.7 Å². The van der Waals surface area contributed by atoms with Crippen LogP contribution < -0.4 is 0 Å². The molecule has 1 aromatic heterocycles. The van der Waals surface area contributed by atoms with E-state index in [-0.39, 0.29) is 17.6 Å². The molecule has 2 aliphatic rings. The van der Waals surface area contributed by atoms with Crippen molar-refractivity contribution in [3.05, 3.63) is 41.8 Å². The maximum absolute atomic E-state index is 13.6. The summed E-state index contributed by atoms with van der Waals surface area (Å²) in [5.74, 6) is -0.355. The highest BCUT2D eigenvalue weighted by atomic mass is 19.1. The normalized spacial score (nSPS) is 22.2. The van der Waals surface area contributed by atoms with E-state index < -0.39 is 5.41 Å². The van der Waals surface area contributed by atoms with Gasteiger partial charge in [0.2, 0.25) is 5.91 Å². The lowest BCUT2D eigenvalue weighted by atomic mass is 9.85. The van der Waals surface area contributed by atoms with E-state index in [4.69, 9.17) is 0 Å². The number of carbonyl (C=O) groups excluding carboxylic acids is 2. The number of amides is 2. The number of hydrogen-bond donors (Lipinski definition) is 1. The molecule has 1 N–H and O–H groups in total. The maximum atomic E-state index is 13.6. The third-order valence-electron chi connectivity index (χ3n) is 5.72. The molecule has 3 heterocycles. The largest absolute Gasteiger partial charge is 0.342 e. The second kappa shape index (κ2) is 6.79. The smallest absolute Gasteiger partial charge is 0.257 e. The third kappa shape index (κ3) is 3.01. The van der Waals surface area contributed by atoms with Crippen LogP contribution in [0, 0.1) is 11.2 Å². The maximum Gasteiger partial charge on any atom is 0.257 e. The van der Waals surface area contributed by atoms with Crippen molar-refractivity contribution in [1.82, 2.24) is 20.0 Å². The quantitative estimate of drug-likeness (QED) is 0.900. The minimum absolute atomic E-state index is 0.165. The number of aromatic nitrogens is 2. The zero-order chi connectivity index (χ0) is 19.0. The summed E-state index contributed by atoms with van der Waals surface area (Å²) in [6.45, 7) is 4.61. The summed E-state index contributed by atoms with van der Waals surface area (Å²) in [6.07, 6.45) is 3.92. The number of hydrogen-bond acceptors (Lipinski definition) is 3. The molecule has 6 nitrogen and oxygen atoms in total. The number of carbonyl (C=O) groups is 2. The highest BCUT2D eigenvalue weighted by Crippen LogP contribution is 2.41. The zero-order valence-corrected chi connectivity index (χ0v) is 15.4. The molecule has 2 fully saturated rings. The predicted molar refractivity (Wildman–Crippen MR) is 98.4 cm³/mol. The molecule has 1 atom stereocenters. The zero-order valence-electron chi connectivity index (χ0n) is 15.4. The summed E-state index contributed by atoms with van der Waals surface area (Å²) in [7, 11) is 0. The topological polar surface area (TPSA) is 69.3 Å². The van der Waals surface area contributed by atoms with Crippen molar-refractivity contribution in [1.29, 1.82) is 0 Å². The number of benzene rings is 1. The summed E-state index contributed by atoms with van der Waals surface area (Å²) in [5, 5.41) is 6.80. The molecule has 0 aliphatic carbocycles. The van der Waals surface area contributed by atoms with Crippen molar-refractivity contribution < 1.29 is 14.0 Å². The molecule has 0 bridgehead atoms. The highest BCUT2D eigenvalue weighted by molar-refractivity contribution is 6.00. The SMILES string of the molecule is CCCN1CCC2(CCN(C(=O)c3cn[nH]c3-c3cccc(F)c3)C2)C1=O. The molecule has 142 valence electrons. The number of H-pyrrole nitrogens is 1. The van der Waals surface area contributed by atoms with E-state index in [0.29, 0.717) is 36.3 Å². The minimum atomic E-state index is -0.437. The number of nitrogens with one attached hydrogen (secondary N) is 1. The van der Waals surface area contributed by atoms with Crippen LogP contribution in [0.15, 0.2) is 30.5 Å². The summed E-state index contributed by atoms with van der Waals surface area (Å²) in [5.41, 5.74) is 1.06. The molecule has 1 aromatic carbocycles. The average molecular weight is 370 g/mol. The number of halogens is 1. The fourth-order valence-corrected chi connectivity index (χ4v) is 4.28. The van der Waals surface area contributed by atoms with Crippen molar-refractivity contribution in [2.45, 2.75) is 26.2 Å². The van der Waals surface area contributed by atoms with Crippen LogP contribution in [0.5, 0.6) is 0 Å². The lowest BCUT2D eigenvalue weighted by Gasteiger charge is -2.23. The van der Waals surface area contributed by atoms with Gasteiger partial charge >= 0.3 is 0 Å². The van der Waals surface area contributed by atoms with E-state index >= 15 is 0 Å². The summed E-state index contributed by atoms with van der Waals surface area (Å²) < 4.78 is 13.6. The molecule has 27 heavy (non-hydrogen) atoms. The van der Waals surface area contributed by atoms with Crippen molar-refractivity contribution in [3.63, 3.8) is 0 Å². The Kier molecular flexibility index (Phi) is 4.45. The van der Waals surface area contributed by atoms with Crippen LogP contribution in [0.3, 0.4) is 0 Å². The molecule has 4 rings (SSSR count). The van der Waals surface area contributed by atoms with Gasteiger partial charge in [-0.2, -0.15) is 5.10 Å². The van der Waals surface area contributed by atoms with Gasteiger partial charge in [-0.25, -0.2) is 4.39 Å². The standard InChI is InChI=1S/C20H23FN4O2/c1-2-8-24-9-6-20(19(24)27)7-10-25(13-20)18(26)16-12-22-23-17(16)14-4-3-5-15(21)11-14/h3-5,11-12H,2,6-10,13H2,1H3,(H,22,23). The van der Waals surface area contributed by atoms with Crippen molar-refractivity contribution in [3.8, 4) is 11.3 Å². The van der Waals surface area contributed by atoms with Crippen molar-refractivity contribution in [2.24, 2.45) is 5.41 Å². The van der Waals surface area contributed by atoms with E-state index in [9.17, 15) is 14.0 Å². The van der Waals surface area contributed by atoms with Gasteiger partial charge in [-0.3, -0.25) is 14.7 Å². The van der Waals surface area contributed by atoms with Crippen molar-refractivity contribution >= 4 is 11.8 Å². The Morgan fingerprint density at radius 2 is 2.15 bits per heavy atom. The molecule has 1 spiro atoms. The molecular weight excluding hydrogens is 347 g/mol. The molecule has 2 saturated heterocycles. The Bertz CT molecular complexity index is 880. The lowest BCUT2D eigenvalue weighted by Crippen LogP contribution is -2.38. The Hall–Kier alpha value is -2.70. The van der Waals surface area contributed by atoms with Gasteiger partial charge in [-0.15, -0.1) is 0 Å². The Morgan fingerprint density at radius 3 is 2.93 bits per heavy atom. The fourth-order valence-electron chi connectivity index (χ4n) is 4.28. The Morgan fingerprint density at radius 1 is 1.33 bits per heavy atom. The molecule has 2 aliphatic heterocycles. The first kappa shape index (κ1) is 17.7. The Labute approximate surface area is 157 Å². The number of nitrogens with zero attached hydrogens (tertiary/aromatic N) is 3. The van der Waals surface area contributed by atoms with Crippen LogP contribution in [0.25, 0.3) is 11.3 Å². The first-order chi connectivity index (χ1) is 13.0. The molecule has 2 aromatic rings. The predicted octanol–water partition coefficient (Wildman–Crippen LogP) is 2.69. The number of likely N-dealkylation sites (tertiary alicyclic amines) is 2. The number of rotatable bonds is 4. The molecule has 0 radical (unpaired) electrons. The van der Waals surface area contributed by atoms with Crippen LogP contribution in [-0.2, 0) is 4.79 Å². The summed E-state index contributed by atoms with van der Waals surface area (Å²) in [6, 6.07) is 6.07. The third-order valence-corrected chi connectivity index (χ3v) is 5.72.